The van der Waals surface area contributed by atoms with Gasteiger partial charge in [0.2, 0.25) is 0 Å². The molecule has 1 saturated heterocycles. The molecular weight excluding hydrogens is 989 g/mol. The van der Waals surface area contributed by atoms with Crippen LogP contribution >= 0.6 is 0 Å². The van der Waals surface area contributed by atoms with Gasteiger partial charge in [0.15, 0.2) is 0 Å². The maximum Gasteiger partial charge on any atom is 0.0667 e. The van der Waals surface area contributed by atoms with Crippen LogP contribution in [0.1, 0.15) is 343 Å². The molecule has 0 bridgehead atoms. The molecule has 1 rings (SSSR count). The summed E-state index contributed by atoms with van der Waals surface area (Å²) in [5.41, 5.74) is 0. The first kappa shape index (κ1) is 77.7. The van der Waals surface area contributed by atoms with Gasteiger partial charge < -0.3 is 30.4 Å². The number of aliphatic hydroxyl groups is 5. The summed E-state index contributed by atoms with van der Waals surface area (Å²) < 4.78 is 0. The van der Waals surface area contributed by atoms with Gasteiger partial charge in [-0.05, 0) is 76.9 Å². The predicted octanol–water partition coefficient (Wildman–Crippen LogP) is 17.5. The predicted molar refractivity (Wildman–Crippen MR) is 349 cm³/mol. The maximum atomic E-state index is 11.5. The molecule has 9 nitrogen and oxygen atoms in total. The van der Waals surface area contributed by atoms with E-state index < -0.39 is 0 Å². The third kappa shape index (κ3) is 50.9. The molecule has 0 spiro atoms. The van der Waals surface area contributed by atoms with Gasteiger partial charge in [-0.1, -0.05) is 291 Å². The molecule has 5 atom stereocenters. The van der Waals surface area contributed by atoms with Crippen LogP contribution in [0.2, 0.25) is 0 Å². The van der Waals surface area contributed by atoms with Gasteiger partial charge in [0.1, 0.15) is 0 Å². The van der Waals surface area contributed by atoms with Gasteiger partial charge in [-0.25, -0.2) is 0 Å². The van der Waals surface area contributed by atoms with E-state index in [0.717, 1.165) is 116 Å². The standard InChI is InChI=1S/C71H146N4O5/c1-6-11-16-21-26-31-36-41-46-67(76)61-73(59-60-75(64-70(79)49-44-39-34-29-24-19-14-9-4)65-71(80)50-45-40-35-30-25-20-15-10-5)58-57-72-54-51-66(52-55-72)53-56-74(62-68(77)47-42-37-32-27-22-17-12-7-2)63-69(78)48-43-38-33-28-23-18-13-8-3/h66-71,76-80H,6-65H2,1-5H3. The third-order valence-electron chi connectivity index (χ3n) is 18.3. The van der Waals surface area contributed by atoms with E-state index in [-0.39, 0.29) is 30.5 Å². The van der Waals surface area contributed by atoms with Gasteiger partial charge in [0, 0.05) is 58.9 Å². The molecule has 0 aliphatic carbocycles. The zero-order valence-corrected chi connectivity index (χ0v) is 54.9. The topological polar surface area (TPSA) is 114 Å². The van der Waals surface area contributed by atoms with E-state index in [1.54, 1.807) is 0 Å². The largest absolute Gasteiger partial charge is 0.392 e. The normalized spacial score (nSPS) is 15.7. The number of unbranched alkanes of at least 4 members (excludes halogenated alkanes) is 35. The number of aliphatic hydroxyl groups excluding tert-OH is 5. The second-order valence-corrected chi connectivity index (χ2v) is 26.5. The van der Waals surface area contributed by atoms with Crippen molar-refractivity contribution < 1.29 is 25.5 Å². The van der Waals surface area contributed by atoms with E-state index in [9.17, 15) is 25.5 Å². The molecule has 1 aliphatic rings. The lowest BCUT2D eigenvalue weighted by Crippen LogP contribution is -2.46. The fourth-order valence-electron chi connectivity index (χ4n) is 12.8. The molecule has 0 radical (unpaired) electrons. The fourth-order valence-corrected chi connectivity index (χ4v) is 12.8. The first-order valence-corrected chi connectivity index (χ1v) is 36.4. The smallest absolute Gasteiger partial charge is 0.0667 e. The highest BCUT2D eigenvalue weighted by Gasteiger charge is 2.24. The maximum absolute atomic E-state index is 11.5. The molecule has 5 N–H and O–H groups in total. The molecule has 1 aliphatic heterocycles. The summed E-state index contributed by atoms with van der Waals surface area (Å²) in [4.78, 5) is 9.96. The minimum Gasteiger partial charge on any atom is -0.392 e. The van der Waals surface area contributed by atoms with Crippen LogP contribution < -0.4 is 0 Å². The van der Waals surface area contributed by atoms with Crippen molar-refractivity contribution in [2.75, 3.05) is 78.5 Å². The lowest BCUT2D eigenvalue weighted by atomic mass is 9.93. The summed E-state index contributed by atoms with van der Waals surface area (Å²) in [5, 5.41) is 57.0. The van der Waals surface area contributed by atoms with Crippen LogP contribution in [0.25, 0.3) is 0 Å². The molecule has 0 aromatic heterocycles. The Morgan fingerprint density at radius 1 is 0.287 bits per heavy atom. The second kappa shape index (κ2) is 59.0. The second-order valence-electron chi connectivity index (χ2n) is 26.5. The molecule has 0 saturated carbocycles. The van der Waals surface area contributed by atoms with Crippen molar-refractivity contribution in [1.29, 1.82) is 0 Å². The Morgan fingerprint density at radius 3 is 0.787 bits per heavy atom. The van der Waals surface area contributed by atoms with Crippen LogP contribution in [-0.4, -0.2) is 154 Å². The first-order valence-electron chi connectivity index (χ1n) is 36.4. The molecule has 0 aromatic carbocycles. The van der Waals surface area contributed by atoms with Crippen molar-refractivity contribution >= 4 is 0 Å². The Labute approximate surface area is 500 Å². The van der Waals surface area contributed by atoms with E-state index in [1.165, 1.54) is 238 Å². The number of hydrogen-bond donors (Lipinski definition) is 5. The number of piperidine rings is 1. The third-order valence-corrected chi connectivity index (χ3v) is 18.3. The molecule has 0 amide bonds. The minimum absolute atomic E-state index is 0.323. The highest BCUT2D eigenvalue weighted by molar-refractivity contribution is 4.79. The van der Waals surface area contributed by atoms with Crippen molar-refractivity contribution in [2.45, 2.75) is 373 Å². The number of rotatable bonds is 64. The minimum atomic E-state index is -0.380. The van der Waals surface area contributed by atoms with Crippen LogP contribution in [0.4, 0.5) is 0 Å². The van der Waals surface area contributed by atoms with E-state index >= 15 is 0 Å². The molecule has 80 heavy (non-hydrogen) atoms. The fraction of sp³-hybridized carbons (Fsp3) is 1.00. The molecule has 9 heteroatoms. The van der Waals surface area contributed by atoms with Gasteiger partial charge in [0.25, 0.3) is 0 Å². The Morgan fingerprint density at radius 2 is 0.512 bits per heavy atom. The van der Waals surface area contributed by atoms with Gasteiger partial charge in [-0.3, -0.25) is 14.7 Å². The van der Waals surface area contributed by atoms with Gasteiger partial charge >= 0.3 is 0 Å². The van der Waals surface area contributed by atoms with Crippen LogP contribution in [0.15, 0.2) is 0 Å². The Balaban J connectivity index is 2.94. The van der Waals surface area contributed by atoms with Gasteiger partial charge in [-0.2, -0.15) is 0 Å². The Hall–Kier alpha value is -0.360. The average Bonchev–Trinajstić information content (AvgIpc) is 3.44. The summed E-state index contributed by atoms with van der Waals surface area (Å²) in [6.07, 6.45) is 57.0. The Bertz CT molecular complexity index is 1150. The van der Waals surface area contributed by atoms with E-state index in [0.29, 0.717) is 38.6 Å². The SMILES string of the molecule is CCCCCCCCCCC(O)CN(CCN1CCC(CCN(CC(O)CCCCCCCCCC)CC(O)CCCCCCCCCC)CC1)CCN(CC(O)CCCCCCCCCC)CC(O)CCCCCCCCCC. The lowest BCUT2D eigenvalue weighted by Gasteiger charge is -2.36. The van der Waals surface area contributed by atoms with Gasteiger partial charge in [0.05, 0.1) is 30.5 Å². The number of nitrogens with zero attached hydrogens (tertiary/aromatic N) is 4. The summed E-state index contributed by atoms with van der Waals surface area (Å²) in [6.45, 7) is 21.4. The van der Waals surface area contributed by atoms with Crippen LogP contribution in [0.3, 0.4) is 0 Å². The average molecular weight is 1140 g/mol. The van der Waals surface area contributed by atoms with E-state index in [1.807, 2.05) is 0 Å². The molecular formula is C71H146N4O5. The van der Waals surface area contributed by atoms with Crippen molar-refractivity contribution in [3.8, 4) is 0 Å². The highest BCUT2D eigenvalue weighted by atomic mass is 16.3. The van der Waals surface area contributed by atoms with Crippen LogP contribution in [0, 0.1) is 5.92 Å². The number of likely N-dealkylation sites (tertiary alicyclic amines) is 1. The zero-order valence-electron chi connectivity index (χ0n) is 54.9. The van der Waals surface area contributed by atoms with Gasteiger partial charge in [-0.15, -0.1) is 0 Å². The summed E-state index contributed by atoms with van der Waals surface area (Å²) in [5.74, 6) is 0.663. The summed E-state index contributed by atoms with van der Waals surface area (Å²) in [6, 6.07) is 0. The van der Waals surface area contributed by atoms with E-state index in [4.69, 9.17) is 0 Å². The van der Waals surface area contributed by atoms with Crippen molar-refractivity contribution in [3.63, 3.8) is 0 Å². The molecule has 1 heterocycles. The van der Waals surface area contributed by atoms with E-state index in [2.05, 4.69) is 54.2 Å². The quantitative estimate of drug-likeness (QED) is 0.0380. The molecule has 480 valence electrons. The van der Waals surface area contributed by atoms with Crippen LogP contribution in [0.5, 0.6) is 0 Å². The molecule has 5 unspecified atom stereocenters. The summed E-state index contributed by atoms with van der Waals surface area (Å²) >= 11 is 0. The Kier molecular flexibility index (Phi) is 57.3. The first-order chi connectivity index (χ1) is 39.1. The lowest BCUT2D eigenvalue weighted by molar-refractivity contribution is 0.0448. The van der Waals surface area contributed by atoms with Crippen molar-refractivity contribution in [1.82, 2.24) is 19.6 Å². The molecule has 1 fully saturated rings. The number of hydrogen-bond acceptors (Lipinski definition) is 9. The highest BCUT2D eigenvalue weighted by Crippen LogP contribution is 2.23. The van der Waals surface area contributed by atoms with Crippen molar-refractivity contribution in [2.24, 2.45) is 5.92 Å². The monoisotopic (exact) mass is 1140 g/mol. The molecule has 0 aromatic rings. The van der Waals surface area contributed by atoms with Crippen molar-refractivity contribution in [3.05, 3.63) is 0 Å². The van der Waals surface area contributed by atoms with Crippen LogP contribution in [-0.2, 0) is 0 Å². The zero-order chi connectivity index (χ0) is 58.2. The summed E-state index contributed by atoms with van der Waals surface area (Å²) in [7, 11) is 0.